The maximum Gasteiger partial charge on any atom is 0.300 e. The molecule has 0 radical (unpaired) electrons. The number of thioether (sulfide) groups is 1. The van der Waals surface area contributed by atoms with Crippen LogP contribution in [0.3, 0.4) is 0 Å². The third-order valence-corrected chi connectivity index (χ3v) is 5.67. The van der Waals surface area contributed by atoms with Gasteiger partial charge in [0.2, 0.25) is 0 Å². The van der Waals surface area contributed by atoms with E-state index >= 15 is 0 Å². The molecule has 0 fully saturated rings. The van der Waals surface area contributed by atoms with E-state index in [0.717, 1.165) is 22.5 Å². The smallest absolute Gasteiger partial charge is 0.300 e. The van der Waals surface area contributed by atoms with Crippen LogP contribution in [0.25, 0.3) is 10.2 Å². The molecule has 0 unspecified atom stereocenters. The van der Waals surface area contributed by atoms with Crippen LogP contribution in [0.4, 0.5) is 0 Å². The summed E-state index contributed by atoms with van der Waals surface area (Å²) in [5.74, 6) is -0.315. The third kappa shape index (κ3) is 3.48. The Hall–Kier alpha value is -2.12. The van der Waals surface area contributed by atoms with Crippen LogP contribution in [0.2, 0.25) is 0 Å². The summed E-state index contributed by atoms with van der Waals surface area (Å²) in [4.78, 5) is 18.8. The molecule has 5 nitrogen and oxygen atoms in total. The number of allylic oxidation sites excluding steroid dienone is 1. The third-order valence-electron chi connectivity index (χ3n) is 3.90. The zero-order valence-electron chi connectivity index (χ0n) is 14.5. The second-order valence-corrected chi connectivity index (χ2v) is 7.41. The van der Waals surface area contributed by atoms with Crippen LogP contribution in [-0.4, -0.2) is 26.5 Å². The van der Waals surface area contributed by atoms with E-state index in [1.807, 2.05) is 30.7 Å². The molecule has 3 aromatic rings. The number of hydrogen-bond acceptors (Lipinski definition) is 4. The van der Waals surface area contributed by atoms with E-state index in [1.54, 1.807) is 22.5 Å². The van der Waals surface area contributed by atoms with Gasteiger partial charge < -0.3 is 4.57 Å². The van der Waals surface area contributed by atoms with Crippen LogP contribution in [0.1, 0.15) is 23.1 Å². The van der Waals surface area contributed by atoms with E-state index in [1.165, 1.54) is 16.2 Å². The predicted octanol–water partition coefficient (Wildman–Crippen LogP) is 3.88. The SMILES string of the molecule is C=CCn1c(=NC(=O)c2cc(C)n(CC)n2)sc2cc(SC)ccc21. The van der Waals surface area contributed by atoms with Crippen LogP contribution in [-0.2, 0) is 13.1 Å². The predicted molar refractivity (Wildman–Crippen MR) is 104 cm³/mol. The van der Waals surface area contributed by atoms with Crippen LogP contribution in [0, 0.1) is 6.92 Å². The van der Waals surface area contributed by atoms with Crippen molar-refractivity contribution >= 4 is 39.2 Å². The zero-order valence-corrected chi connectivity index (χ0v) is 16.2. The molecule has 1 aromatic carbocycles. The Labute approximate surface area is 154 Å². The highest BCUT2D eigenvalue weighted by molar-refractivity contribution is 7.98. The molecule has 2 aromatic heterocycles. The van der Waals surface area contributed by atoms with E-state index in [4.69, 9.17) is 0 Å². The second-order valence-electron chi connectivity index (χ2n) is 5.52. The Morgan fingerprint density at radius 1 is 1.44 bits per heavy atom. The fourth-order valence-electron chi connectivity index (χ4n) is 2.65. The minimum Gasteiger partial charge on any atom is -0.312 e. The second kappa shape index (κ2) is 7.41. The summed E-state index contributed by atoms with van der Waals surface area (Å²) in [6, 6.07) is 8.06. The quantitative estimate of drug-likeness (QED) is 0.504. The fraction of sp³-hybridized carbons (Fsp3) is 0.278. The van der Waals surface area contributed by atoms with Crippen molar-refractivity contribution in [2.45, 2.75) is 31.8 Å². The molecule has 130 valence electrons. The van der Waals surface area contributed by atoms with Crippen molar-refractivity contribution in [1.82, 2.24) is 14.3 Å². The molecule has 0 bridgehead atoms. The number of fused-ring (bicyclic) bond motifs is 1. The number of thiazole rings is 1. The highest BCUT2D eigenvalue weighted by Crippen LogP contribution is 2.24. The minimum atomic E-state index is -0.315. The first-order valence-electron chi connectivity index (χ1n) is 7.99. The van der Waals surface area contributed by atoms with Gasteiger partial charge in [0, 0.05) is 23.7 Å². The first-order chi connectivity index (χ1) is 12.1. The van der Waals surface area contributed by atoms with Crippen molar-refractivity contribution < 1.29 is 4.79 Å². The first-order valence-corrected chi connectivity index (χ1v) is 10.0. The van der Waals surface area contributed by atoms with Gasteiger partial charge in [0.15, 0.2) is 10.5 Å². The molecule has 3 rings (SSSR count). The minimum absolute atomic E-state index is 0.315. The van der Waals surface area contributed by atoms with Gasteiger partial charge in [-0.25, -0.2) is 0 Å². The van der Waals surface area contributed by atoms with E-state index in [2.05, 4.69) is 34.9 Å². The Balaban J connectivity index is 2.11. The number of carbonyl (C=O) groups excluding carboxylic acids is 1. The van der Waals surface area contributed by atoms with E-state index < -0.39 is 0 Å². The average molecular weight is 373 g/mol. The number of hydrogen-bond donors (Lipinski definition) is 0. The van der Waals surface area contributed by atoms with Crippen LogP contribution >= 0.6 is 23.1 Å². The summed E-state index contributed by atoms with van der Waals surface area (Å²) < 4.78 is 4.92. The van der Waals surface area contributed by atoms with Gasteiger partial charge in [0.1, 0.15) is 0 Å². The maximum atomic E-state index is 12.6. The molecular formula is C18H20N4OS2. The highest BCUT2D eigenvalue weighted by Gasteiger charge is 2.13. The van der Waals surface area contributed by atoms with Gasteiger partial charge in [-0.15, -0.1) is 18.3 Å². The molecular weight excluding hydrogens is 352 g/mol. The molecule has 0 saturated heterocycles. The molecule has 0 atom stereocenters. The van der Waals surface area contributed by atoms with E-state index in [-0.39, 0.29) is 5.91 Å². The van der Waals surface area contributed by atoms with Gasteiger partial charge in [-0.05, 0) is 44.4 Å². The summed E-state index contributed by atoms with van der Waals surface area (Å²) in [6.07, 6.45) is 3.86. The molecule has 0 aliphatic rings. The zero-order chi connectivity index (χ0) is 18.0. The van der Waals surface area contributed by atoms with Gasteiger partial charge >= 0.3 is 0 Å². The molecule has 2 heterocycles. The lowest BCUT2D eigenvalue weighted by Crippen LogP contribution is -2.16. The summed E-state index contributed by atoms with van der Waals surface area (Å²) in [5, 5.41) is 4.33. The summed E-state index contributed by atoms with van der Waals surface area (Å²) in [7, 11) is 0. The van der Waals surface area contributed by atoms with Crippen molar-refractivity contribution in [3.8, 4) is 0 Å². The molecule has 0 spiro atoms. The molecule has 0 saturated carbocycles. The molecule has 25 heavy (non-hydrogen) atoms. The number of carbonyl (C=O) groups is 1. The number of benzene rings is 1. The van der Waals surface area contributed by atoms with Crippen molar-refractivity contribution in [3.05, 3.63) is 53.1 Å². The molecule has 1 amide bonds. The summed E-state index contributed by atoms with van der Waals surface area (Å²) in [6.45, 7) is 9.09. The number of nitrogens with zero attached hydrogens (tertiary/aromatic N) is 4. The monoisotopic (exact) mass is 372 g/mol. The van der Waals surface area contributed by atoms with E-state index in [9.17, 15) is 4.79 Å². The van der Waals surface area contributed by atoms with E-state index in [0.29, 0.717) is 17.0 Å². The van der Waals surface area contributed by atoms with Gasteiger partial charge in [-0.1, -0.05) is 17.4 Å². The topological polar surface area (TPSA) is 52.2 Å². The Morgan fingerprint density at radius 3 is 2.88 bits per heavy atom. The molecule has 0 aliphatic heterocycles. The Kier molecular flexibility index (Phi) is 5.24. The average Bonchev–Trinajstić information content (AvgIpc) is 3.15. The van der Waals surface area contributed by atoms with Crippen molar-refractivity contribution in [2.24, 2.45) is 4.99 Å². The summed E-state index contributed by atoms with van der Waals surface area (Å²) in [5.41, 5.74) is 2.40. The van der Waals surface area contributed by atoms with Gasteiger partial charge in [0.05, 0.1) is 10.2 Å². The molecule has 0 N–H and O–H groups in total. The number of amides is 1. The fourth-order valence-corrected chi connectivity index (χ4v) is 4.24. The lowest BCUT2D eigenvalue weighted by atomic mass is 10.3. The lowest BCUT2D eigenvalue weighted by Gasteiger charge is -2.01. The van der Waals surface area contributed by atoms with Crippen LogP contribution in [0.5, 0.6) is 0 Å². The largest absolute Gasteiger partial charge is 0.312 e. The Morgan fingerprint density at radius 2 is 2.24 bits per heavy atom. The van der Waals surface area contributed by atoms with Gasteiger partial charge in [0.25, 0.3) is 5.91 Å². The molecule has 7 heteroatoms. The van der Waals surface area contributed by atoms with Gasteiger partial charge in [-0.3, -0.25) is 9.48 Å². The van der Waals surface area contributed by atoms with Crippen molar-refractivity contribution in [2.75, 3.05) is 6.26 Å². The number of aryl methyl sites for hydroxylation is 2. The summed E-state index contributed by atoms with van der Waals surface area (Å²) >= 11 is 3.21. The first kappa shape index (κ1) is 17.7. The van der Waals surface area contributed by atoms with Crippen LogP contribution in [0.15, 0.2) is 46.8 Å². The molecule has 0 aliphatic carbocycles. The van der Waals surface area contributed by atoms with Crippen molar-refractivity contribution in [3.63, 3.8) is 0 Å². The lowest BCUT2D eigenvalue weighted by molar-refractivity contribution is 0.0992. The number of rotatable bonds is 5. The highest BCUT2D eigenvalue weighted by atomic mass is 32.2. The van der Waals surface area contributed by atoms with Gasteiger partial charge in [-0.2, -0.15) is 10.1 Å². The Bertz CT molecular complexity index is 1010. The van der Waals surface area contributed by atoms with Crippen LogP contribution < -0.4 is 4.80 Å². The number of aromatic nitrogens is 3. The maximum absolute atomic E-state index is 12.6. The standard InChI is InChI=1S/C18H20N4OS2/c1-5-9-21-15-8-7-13(24-4)11-16(15)25-18(21)19-17(23)14-10-12(3)22(6-2)20-14/h5,7-8,10-11H,1,6,9H2,2-4H3. The van der Waals surface area contributed by atoms with Crippen molar-refractivity contribution in [1.29, 1.82) is 0 Å². The normalized spacial score (nSPS) is 12.0.